The Morgan fingerprint density at radius 3 is 2.00 bits per heavy atom. The van der Waals surface area contributed by atoms with Crippen LogP contribution in [-0.4, -0.2) is 39.5 Å². The van der Waals surface area contributed by atoms with E-state index >= 15 is 0 Å². The lowest BCUT2D eigenvalue weighted by atomic mass is 10.2. The Bertz CT molecular complexity index is 483. The van der Waals surface area contributed by atoms with Crippen molar-refractivity contribution >= 4 is 23.8 Å². The zero-order valence-electron chi connectivity index (χ0n) is 10.7. The van der Waals surface area contributed by atoms with Crippen LogP contribution in [0.5, 0.6) is 0 Å². The summed E-state index contributed by atoms with van der Waals surface area (Å²) in [6, 6.07) is 5.77. The molecule has 0 heterocycles. The molecule has 0 bridgehead atoms. The Balaban J connectivity index is 3.19. The van der Waals surface area contributed by atoms with Crippen LogP contribution in [0.15, 0.2) is 24.3 Å². The van der Waals surface area contributed by atoms with E-state index in [2.05, 4.69) is 14.2 Å². The van der Waals surface area contributed by atoms with Gasteiger partial charge in [0.25, 0.3) is 0 Å². The van der Waals surface area contributed by atoms with Gasteiger partial charge in [0.05, 0.1) is 32.6 Å². The number of carbonyl (C=O) groups is 3. The lowest BCUT2D eigenvalue weighted by molar-refractivity contribution is 0.0600. The molecule has 0 fully saturated rings. The zero-order chi connectivity index (χ0) is 14.4. The second kappa shape index (κ2) is 6.39. The third-order valence-electron chi connectivity index (χ3n) is 2.24. The largest absolute Gasteiger partial charge is 0.465 e. The molecule has 0 atom stereocenters. The van der Waals surface area contributed by atoms with Crippen molar-refractivity contribution in [1.82, 2.24) is 0 Å². The van der Waals surface area contributed by atoms with Crippen molar-refractivity contribution in [2.75, 3.05) is 26.2 Å². The topological polar surface area (TPSA) is 82.1 Å². The Morgan fingerprint density at radius 1 is 0.947 bits per heavy atom. The summed E-state index contributed by atoms with van der Waals surface area (Å²) < 4.78 is 13.5. The summed E-state index contributed by atoms with van der Waals surface area (Å²) in [4.78, 5) is 35.2. The number of ether oxygens (including phenoxy) is 3. The summed E-state index contributed by atoms with van der Waals surface area (Å²) >= 11 is 0. The third-order valence-corrected chi connectivity index (χ3v) is 2.24. The summed E-state index contributed by atoms with van der Waals surface area (Å²) in [6.07, 6.45) is -1.84. The van der Waals surface area contributed by atoms with Crippen LogP contribution in [-0.2, 0) is 14.2 Å². The van der Waals surface area contributed by atoms with Crippen LogP contribution in [0.2, 0.25) is 0 Å². The predicted molar refractivity (Wildman–Crippen MR) is 65.1 cm³/mol. The number of benzene rings is 1. The van der Waals surface area contributed by atoms with Crippen molar-refractivity contribution < 1.29 is 28.6 Å². The molecule has 0 aliphatic carbocycles. The highest BCUT2D eigenvalue weighted by Gasteiger charge is 2.25. The van der Waals surface area contributed by atoms with Crippen LogP contribution in [0.25, 0.3) is 0 Å². The normalized spacial score (nSPS) is 9.42. The molecule has 0 aliphatic rings. The van der Waals surface area contributed by atoms with Gasteiger partial charge >= 0.3 is 18.2 Å². The second-order valence-electron chi connectivity index (χ2n) is 3.32. The molecule has 0 spiro atoms. The summed E-state index contributed by atoms with van der Waals surface area (Å²) in [5.74, 6) is -0.587. The maximum atomic E-state index is 11.6. The molecule has 7 heteroatoms. The molecule has 0 aromatic heterocycles. The fourth-order valence-electron chi connectivity index (χ4n) is 1.36. The van der Waals surface area contributed by atoms with Crippen molar-refractivity contribution in [2.24, 2.45) is 0 Å². The lowest BCUT2D eigenvalue weighted by Gasteiger charge is -2.18. The van der Waals surface area contributed by atoms with Crippen molar-refractivity contribution in [1.29, 1.82) is 0 Å². The molecule has 7 nitrogen and oxygen atoms in total. The van der Waals surface area contributed by atoms with Gasteiger partial charge in [0, 0.05) is 0 Å². The van der Waals surface area contributed by atoms with Crippen LogP contribution in [0.1, 0.15) is 10.4 Å². The Labute approximate surface area is 109 Å². The van der Waals surface area contributed by atoms with Gasteiger partial charge in [-0.05, 0) is 18.2 Å². The third kappa shape index (κ3) is 3.21. The molecular formula is C12H13NO6. The first-order chi connectivity index (χ1) is 9.04. The monoisotopic (exact) mass is 267 g/mol. The molecule has 1 rings (SSSR count). The van der Waals surface area contributed by atoms with Crippen LogP contribution in [0.3, 0.4) is 0 Å². The molecule has 0 saturated heterocycles. The molecule has 102 valence electrons. The molecule has 1 aromatic rings. The van der Waals surface area contributed by atoms with E-state index in [1.807, 2.05) is 0 Å². The molecule has 0 aliphatic heterocycles. The lowest BCUT2D eigenvalue weighted by Crippen LogP contribution is -2.36. The van der Waals surface area contributed by atoms with Crippen LogP contribution < -0.4 is 4.90 Å². The Morgan fingerprint density at radius 2 is 1.53 bits per heavy atom. The number of imide groups is 1. The minimum Gasteiger partial charge on any atom is -0.465 e. The van der Waals surface area contributed by atoms with Crippen molar-refractivity contribution in [3.63, 3.8) is 0 Å². The highest BCUT2D eigenvalue weighted by Crippen LogP contribution is 2.18. The first-order valence-electron chi connectivity index (χ1n) is 5.19. The highest BCUT2D eigenvalue weighted by atomic mass is 16.6. The van der Waals surface area contributed by atoms with E-state index in [1.54, 1.807) is 0 Å². The molecule has 0 N–H and O–H groups in total. The number of anilines is 1. The number of methoxy groups -OCH3 is 3. The van der Waals surface area contributed by atoms with Gasteiger partial charge in [-0.15, -0.1) is 0 Å². The Hall–Kier alpha value is -2.57. The molecule has 0 radical (unpaired) electrons. The minimum absolute atomic E-state index is 0.140. The minimum atomic E-state index is -0.922. The van der Waals surface area contributed by atoms with E-state index in [1.165, 1.54) is 31.4 Å². The molecule has 2 amide bonds. The van der Waals surface area contributed by atoms with Crippen LogP contribution in [0, 0.1) is 0 Å². The second-order valence-corrected chi connectivity index (χ2v) is 3.32. The zero-order valence-corrected chi connectivity index (χ0v) is 10.7. The van der Waals surface area contributed by atoms with E-state index in [4.69, 9.17) is 0 Å². The van der Waals surface area contributed by atoms with Gasteiger partial charge in [-0.25, -0.2) is 14.4 Å². The van der Waals surface area contributed by atoms with Gasteiger partial charge in [-0.2, -0.15) is 4.90 Å². The first-order valence-corrected chi connectivity index (χ1v) is 5.19. The Kier molecular flexibility index (Phi) is 4.87. The average Bonchev–Trinajstić information content (AvgIpc) is 2.46. The fraction of sp³-hybridized carbons (Fsp3) is 0.250. The van der Waals surface area contributed by atoms with Gasteiger partial charge in [0.2, 0.25) is 0 Å². The smallest absolute Gasteiger partial charge is 0.423 e. The molecule has 0 saturated carbocycles. The van der Waals surface area contributed by atoms with E-state index in [0.29, 0.717) is 4.90 Å². The number of esters is 1. The SMILES string of the molecule is COC(=O)c1cccc(N(C(=O)OC)C(=O)OC)c1. The first kappa shape index (κ1) is 14.5. The van der Waals surface area contributed by atoms with Crippen LogP contribution >= 0.6 is 0 Å². The van der Waals surface area contributed by atoms with Gasteiger partial charge in [0.15, 0.2) is 0 Å². The van der Waals surface area contributed by atoms with E-state index in [9.17, 15) is 14.4 Å². The van der Waals surface area contributed by atoms with Gasteiger partial charge in [0.1, 0.15) is 0 Å². The summed E-state index contributed by atoms with van der Waals surface area (Å²) in [6.45, 7) is 0. The number of carbonyl (C=O) groups excluding carboxylic acids is 3. The highest BCUT2D eigenvalue weighted by molar-refractivity contribution is 6.09. The summed E-state index contributed by atoms with van der Waals surface area (Å²) in [5, 5.41) is 0. The van der Waals surface area contributed by atoms with Crippen LogP contribution in [0.4, 0.5) is 15.3 Å². The van der Waals surface area contributed by atoms with Crippen molar-refractivity contribution in [3.05, 3.63) is 29.8 Å². The fourth-order valence-corrected chi connectivity index (χ4v) is 1.36. The summed E-state index contributed by atoms with van der Waals surface area (Å²) in [7, 11) is 3.48. The van der Waals surface area contributed by atoms with Gasteiger partial charge < -0.3 is 14.2 Å². The van der Waals surface area contributed by atoms with Crippen molar-refractivity contribution in [2.45, 2.75) is 0 Å². The number of hydrogen-bond donors (Lipinski definition) is 0. The molecule has 0 unspecified atom stereocenters. The summed E-state index contributed by atoms with van der Waals surface area (Å²) in [5.41, 5.74) is 0.333. The molecule has 1 aromatic carbocycles. The van der Waals surface area contributed by atoms with E-state index < -0.39 is 18.2 Å². The average molecular weight is 267 g/mol. The number of nitrogens with zero attached hydrogens (tertiary/aromatic N) is 1. The number of hydrogen-bond acceptors (Lipinski definition) is 6. The van der Waals surface area contributed by atoms with Crippen molar-refractivity contribution in [3.8, 4) is 0 Å². The number of amides is 2. The van der Waals surface area contributed by atoms with E-state index in [-0.39, 0.29) is 11.3 Å². The van der Waals surface area contributed by atoms with Gasteiger partial charge in [-0.1, -0.05) is 6.07 Å². The maximum Gasteiger partial charge on any atom is 0.423 e. The maximum absolute atomic E-state index is 11.6. The predicted octanol–water partition coefficient (Wildman–Crippen LogP) is 1.81. The molecule has 19 heavy (non-hydrogen) atoms. The standard InChI is InChI=1S/C12H13NO6/c1-17-10(14)8-5-4-6-9(7-8)13(11(15)18-2)12(16)19-3/h4-7H,1-3H3. The quantitative estimate of drug-likeness (QED) is 0.600. The molecular weight excluding hydrogens is 254 g/mol. The van der Waals surface area contributed by atoms with Gasteiger partial charge in [-0.3, -0.25) is 0 Å². The number of rotatable bonds is 2. The van der Waals surface area contributed by atoms with E-state index in [0.717, 1.165) is 14.2 Å².